The first-order chi connectivity index (χ1) is 10.9. The first kappa shape index (κ1) is 17.5. The van der Waals surface area contributed by atoms with E-state index in [2.05, 4.69) is 10.4 Å². The Bertz CT molecular complexity index is 678. The van der Waals surface area contributed by atoms with Crippen LogP contribution in [0.15, 0.2) is 24.3 Å². The zero-order chi connectivity index (χ0) is 17.0. The van der Waals surface area contributed by atoms with Gasteiger partial charge in [0, 0.05) is 22.8 Å². The number of aliphatic hydroxyl groups excluding tert-OH is 1. The van der Waals surface area contributed by atoms with Gasteiger partial charge in [-0.05, 0) is 51.5 Å². The Balaban J connectivity index is 2.11. The van der Waals surface area contributed by atoms with Crippen LogP contribution in [0.3, 0.4) is 0 Å². The van der Waals surface area contributed by atoms with Crippen molar-refractivity contribution in [2.24, 2.45) is 0 Å². The third kappa shape index (κ3) is 4.56. The standard InChI is InChI=1S/C17H22ClN3O2/c1-11(22)8-9-19-17(23)10-16-12(2)20-21(13(16)3)15-6-4-14(18)5-7-15/h4-7,11,22H,8-10H2,1-3H3,(H,19,23). The predicted octanol–water partition coefficient (Wildman–Crippen LogP) is 2.57. The highest BCUT2D eigenvalue weighted by Gasteiger charge is 2.15. The molecule has 1 unspecified atom stereocenters. The fourth-order valence-electron chi connectivity index (χ4n) is 2.41. The van der Waals surface area contributed by atoms with Crippen LogP contribution in [0.4, 0.5) is 0 Å². The number of carbonyl (C=O) groups is 1. The number of benzene rings is 1. The van der Waals surface area contributed by atoms with Gasteiger partial charge in [-0.25, -0.2) is 4.68 Å². The van der Waals surface area contributed by atoms with Crippen molar-refractivity contribution in [3.63, 3.8) is 0 Å². The van der Waals surface area contributed by atoms with Crippen LogP contribution < -0.4 is 5.32 Å². The maximum atomic E-state index is 12.0. The zero-order valence-corrected chi connectivity index (χ0v) is 14.4. The molecular formula is C17H22ClN3O2. The van der Waals surface area contributed by atoms with E-state index >= 15 is 0 Å². The second-order valence-electron chi connectivity index (χ2n) is 5.70. The number of hydrogen-bond acceptors (Lipinski definition) is 3. The number of rotatable bonds is 6. The van der Waals surface area contributed by atoms with Gasteiger partial charge in [-0.15, -0.1) is 0 Å². The highest BCUT2D eigenvalue weighted by Crippen LogP contribution is 2.20. The number of amides is 1. The summed E-state index contributed by atoms with van der Waals surface area (Å²) in [7, 11) is 0. The van der Waals surface area contributed by atoms with Gasteiger partial charge in [-0.3, -0.25) is 4.79 Å². The van der Waals surface area contributed by atoms with Crippen molar-refractivity contribution in [3.05, 3.63) is 46.2 Å². The monoisotopic (exact) mass is 335 g/mol. The molecule has 0 spiro atoms. The van der Waals surface area contributed by atoms with E-state index in [0.717, 1.165) is 22.6 Å². The molecule has 0 saturated heterocycles. The number of aryl methyl sites for hydroxylation is 1. The molecule has 0 aliphatic heterocycles. The highest BCUT2D eigenvalue weighted by atomic mass is 35.5. The van der Waals surface area contributed by atoms with Crippen molar-refractivity contribution in [2.45, 2.75) is 39.7 Å². The van der Waals surface area contributed by atoms with E-state index in [0.29, 0.717) is 18.0 Å². The number of halogens is 1. The SMILES string of the molecule is Cc1nn(-c2ccc(Cl)cc2)c(C)c1CC(=O)NCCC(C)O. The van der Waals surface area contributed by atoms with E-state index in [1.807, 2.05) is 42.8 Å². The van der Waals surface area contributed by atoms with Gasteiger partial charge in [0.25, 0.3) is 0 Å². The second kappa shape index (κ2) is 7.62. The largest absolute Gasteiger partial charge is 0.393 e. The smallest absolute Gasteiger partial charge is 0.224 e. The quantitative estimate of drug-likeness (QED) is 0.852. The Morgan fingerprint density at radius 2 is 2.00 bits per heavy atom. The normalized spacial score (nSPS) is 12.2. The molecule has 2 rings (SSSR count). The van der Waals surface area contributed by atoms with Crippen LogP contribution in [0.2, 0.25) is 5.02 Å². The molecule has 0 aliphatic rings. The van der Waals surface area contributed by atoms with Gasteiger partial charge in [0.15, 0.2) is 0 Å². The molecule has 0 radical (unpaired) electrons. The van der Waals surface area contributed by atoms with E-state index < -0.39 is 6.10 Å². The summed E-state index contributed by atoms with van der Waals surface area (Å²) in [6, 6.07) is 7.42. The maximum Gasteiger partial charge on any atom is 0.224 e. The number of hydrogen-bond donors (Lipinski definition) is 2. The number of nitrogens with zero attached hydrogens (tertiary/aromatic N) is 2. The summed E-state index contributed by atoms with van der Waals surface area (Å²) in [5.74, 6) is -0.0625. The average molecular weight is 336 g/mol. The van der Waals surface area contributed by atoms with Gasteiger partial charge in [-0.2, -0.15) is 5.10 Å². The molecule has 1 aromatic carbocycles. The Kier molecular flexibility index (Phi) is 5.80. The van der Waals surface area contributed by atoms with Crippen LogP contribution in [-0.2, 0) is 11.2 Å². The summed E-state index contributed by atoms with van der Waals surface area (Å²) >= 11 is 5.91. The average Bonchev–Trinajstić information content (AvgIpc) is 2.76. The number of carbonyl (C=O) groups excluding carboxylic acids is 1. The summed E-state index contributed by atoms with van der Waals surface area (Å²) in [5, 5.41) is 17.2. The van der Waals surface area contributed by atoms with Gasteiger partial charge in [0.1, 0.15) is 0 Å². The van der Waals surface area contributed by atoms with Crippen molar-refractivity contribution in [2.75, 3.05) is 6.54 Å². The molecule has 0 aliphatic carbocycles. The van der Waals surface area contributed by atoms with Crippen LogP contribution in [0.5, 0.6) is 0 Å². The van der Waals surface area contributed by atoms with Crippen molar-refractivity contribution in [1.82, 2.24) is 15.1 Å². The topological polar surface area (TPSA) is 67.2 Å². The van der Waals surface area contributed by atoms with Gasteiger partial charge < -0.3 is 10.4 Å². The third-order valence-corrected chi connectivity index (χ3v) is 3.99. The number of aliphatic hydroxyl groups is 1. The predicted molar refractivity (Wildman–Crippen MR) is 91.1 cm³/mol. The maximum absolute atomic E-state index is 12.0. The van der Waals surface area contributed by atoms with Crippen LogP contribution in [0, 0.1) is 13.8 Å². The van der Waals surface area contributed by atoms with Gasteiger partial charge in [-0.1, -0.05) is 11.6 Å². The molecule has 2 aromatic rings. The first-order valence-corrected chi connectivity index (χ1v) is 8.02. The van der Waals surface area contributed by atoms with Crippen LogP contribution in [0.1, 0.15) is 30.3 Å². The fraction of sp³-hybridized carbons (Fsp3) is 0.412. The van der Waals surface area contributed by atoms with Gasteiger partial charge in [0.2, 0.25) is 5.91 Å². The molecular weight excluding hydrogens is 314 g/mol. The fourth-order valence-corrected chi connectivity index (χ4v) is 2.53. The molecule has 6 heteroatoms. The molecule has 0 fully saturated rings. The molecule has 1 heterocycles. The molecule has 23 heavy (non-hydrogen) atoms. The van der Waals surface area contributed by atoms with E-state index in [9.17, 15) is 9.90 Å². The molecule has 124 valence electrons. The van der Waals surface area contributed by atoms with Gasteiger partial charge in [0.05, 0.1) is 23.9 Å². The molecule has 5 nitrogen and oxygen atoms in total. The Morgan fingerprint density at radius 1 is 1.35 bits per heavy atom. The third-order valence-electron chi connectivity index (χ3n) is 3.73. The minimum Gasteiger partial charge on any atom is -0.393 e. The molecule has 1 amide bonds. The number of aromatic nitrogens is 2. The molecule has 1 atom stereocenters. The lowest BCUT2D eigenvalue weighted by Gasteiger charge is -2.08. The lowest BCUT2D eigenvalue weighted by molar-refractivity contribution is -0.120. The minimum absolute atomic E-state index is 0.0625. The summed E-state index contributed by atoms with van der Waals surface area (Å²) in [4.78, 5) is 12.0. The molecule has 0 saturated carbocycles. The van der Waals surface area contributed by atoms with Crippen molar-refractivity contribution >= 4 is 17.5 Å². The summed E-state index contributed by atoms with van der Waals surface area (Å²) in [6.45, 7) is 6.03. The van der Waals surface area contributed by atoms with Crippen LogP contribution in [-0.4, -0.2) is 33.4 Å². The molecule has 1 aromatic heterocycles. The second-order valence-corrected chi connectivity index (χ2v) is 6.14. The lowest BCUT2D eigenvalue weighted by atomic mass is 10.1. The summed E-state index contributed by atoms with van der Waals surface area (Å²) < 4.78 is 1.82. The number of nitrogens with one attached hydrogen (secondary N) is 1. The lowest BCUT2D eigenvalue weighted by Crippen LogP contribution is -2.28. The van der Waals surface area contributed by atoms with Crippen LogP contribution in [0.25, 0.3) is 5.69 Å². The van der Waals surface area contributed by atoms with Crippen molar-refractivity contribution < 1.29 is 9.90 Å². The van der Waals surface area contributed by atoms with Gasteiger partial charge >= 0.3 is 0 Å². The highest BCUT2D eigenvalue weighted by molar-refractivity contribution is 6.30. The van der Waals surface area contributed by atoms with Crippen LogP contribution >= 0.6 is 11.6 Å². The van der Waals surface area contributed by atoms with Crippen molar-refractivity contribution in [1.29, 1.82) is 0 Å². The van der Waals surface area contributed by atoms with Crippen molar-refractivity contribution in [3.8, 4) is 5.69 Å². The minimum atomic E-state index is -0.411. The Labute approximate surface area is 141 Å². The van der Waals surface area contributed by atoms with E-state index in [-0.39, 0.29) is 12.3 Å². The Hall–Kier alpha value is -1.85. The molecule has 0 bridgehead atoms. The Morgan fingerprint density at radius 3 is 2.61 bits per heavy atom. The zero-order valence-electron chi connectivity index (χ0n) is 13.6. The molecule has 2 N–H and O–H groups in total. The summed E-state index contributed by atoms with van der Waals surface area (Å²) in [5.41, 5.74) is 3.61. The van der Waals surface area contributed by atoms with E-state index in [4.69, 9.17) is 11.6 Å². The van der Waals surface area contributed by atoms with E-state index in [1.165, 1.54) is 0 Å². The van der Waals surface area contributed by atoms with E-state index in [1.54, 1.807) is 6.92 Å². The first-order valence-electron chi connectivity index (χ1n) is 7.64. The summed E-state index contributed by atoms with van der Waals surface area (Å²) in [6.07, 6.45) is 0.421.